The second-order valence-corrected chi connectivity index (χ2v) is 20.8. The van der Waals surface area contributed by atoms with Crippen LogP contribution in [0.15, 0.2) is 18.3 Å². The predicted octanol–water partition coefficient (Wildman–Crippen LogP) is 7.12. The van der Waals surface area contributed by atoms with E-state index in [1.54, 1.807) is 13.3 Å². The summed E-state index contributed by atoms with van der Waals surface area (Å²) in [5.41, 5.74) is 0. The molecule has 1 aromatic rings. The normalized spacial score (nSPS) is 12.0. The monoisotopic (exact) mass is 441 g/mol. The van der Waals surface area contributed by atoms with Gasteiger partial charge in [-0.05, 0) is 0 Å². The van der Waals surface area contributed by atoms with Crippen LogP contribution in [-0.4, -0.2) is 22.9 Å². The third-order valence-corrected chi connectivity index (χ3v) is 21.3. The van der Waals surface area contributed by atoms with Crippen molar-refractivity contribution in [2.24, 2.45) is 0 Å². The maximum atomic E-state index is 2.70. The summed E-state index contributed by atoms with van der Waals surface area (Å²) in [7, 11) is 0. The molecule has 0 amide bonds. The third kappa shape index (κ3) is 7.14. The SMILES string of the molecule is CCCCCCn1ccc[c]1[Sn]([CH2]CCC)([CH2]CCC)[CH2]CCC. The summed E-state index contributed by atoms with van der Waals surface area (Å²) < 4.78 is 9.32. The van der Waals surface area contributed by atoms with Crippen LogP contribution in [0.25, 0.3) is 0 Å². The van der Waals surface area contributed by atoms with Crippen LogP contribution in [-0.2, 0) is 6.54 Å². The Morgan fingerprint density at radius 3 is 1.75 bits per heavy atom. The van der Waals surface area contributed by atoms with Gasteiger partial charge in [0.1, 0.15) is 0 Å². The molecule has 0 saturated carbocycles. The summed E-state index contributed by atoms with van der Waals surface area (Å²) >= 11 is -2.23. The van der Waals surface area contributed by atoms with E-state index in [2.05, 4.69) is 50.6 Å². The van der Waals surface area contributed by atoms with Crippen molar-refractivity contribution in [3.63, 3.8) is 0 Å². The van der Waals surface area contributed by atoms with E-state index in [9.17, 15) is 0 Å². The molecule has 0 aliphatic heterocycles. The molecule has 0 unspecified atom stereocenters. The van der Waals surface area contributed by atoms with Crippen LogP contribution in [0.4, 0.5) is 0 Å². The number of aromatic nitrogens is 1. The predicted molar refractivity (Wildman–Crippen MR) is 113 cm³/mol. The van der Waals surface area contributed by atoms with Crippen molar-refractivity contribution in [2.75, 3.05) is 0 Å². The van der Waals surface area contributed by atoms with E-state index < -0.39 is 18.4 Å². The molecule has 0 aliphatic rings. The van der Waals surface area contributed by atoms with Crippen molar-refractivity contribution in [3.8, 4) is 0 Å². The van der Waals surface area contributed by atoms with E-state index in [0.717, 1.165) is 0 Å². The Labute approximate surface area is 156 Å². The molecule has 0 N–H and O–H groups in total. The number of aryl methyl sites for hydroxylation is 1. The van der Waals surface area contributed by atoms with Crippen LogP contribution >= 0.6 is 0 Å². The third-order valence-electron chi connectivity index (χ3n) is 5.65. The van der Waals surface area contributed by atoms with E-state index in [0.29, 0.717) is 0 Å². The van der Waals surface area contributed by atoms with Gasteiger partial charge in [0, 0.05) is 0 Å². The van der Waals surface area contributed by atoms with Crippen molar-refractivity contribution < 1.29 is 0 Å². The molecule has 1 nitrogen and oxygen atoms in total. The molecule has 0 aromatic carbocycles. The summed E-state index contributed by atoms with van der Waals surface area (Å²) in [6.07, 6.45) is 16.4. The first-order valence-corrected chi connectivity index (χ1v) is 18.4. The fourth-order valence-corrected chi connectivity index (χ4v) is 20.8. The van der Waals surface area contributed by atoms with E-state index >= 15 is 0 Å². The van der Waals surface area contributed by atoms with E-state index in [4.69, 9.17) is 0 Å². The molecule has 1 rings (SSSR count). The molecule has 0 aliphatic carbocycles. The molecule has 1 aromatic heterocycles. The van der Waals surface area contributed by atoms with Crippen LogP contribution in [0.2, 0.25) is 13.3 Å². The molecular weight excluding hydrogens is 397 g/mol. The second-order valence-electron chi connectivity index (χ2n) is 7.74. The van der Waals surface area contributed by atoms with E-state index in [1.807, 2.05) is 3.71 Å². The van der Waals surface area contributed by atoms with Gasteiger partial charge < -0.3 is 0 Å². The summed E-state index contributed by atoms with van der Waals surface area (Å²) in [5, 5.41) is 0. The van der Waals surface area contributed by atoms with Crippen LogP contribution in [0.5, 0.6) is 0 Å². The molecule has 24 heavy (non-hydrogen) atoms. The van der Waals surface area contributed by atoms with Crippen LogP contribution in [0.1, 0.15) is 91.9 Å². The molecule has 0 saturated heterocycles. The van der Waals surface area contributed by atoms with Crippen molar-refractivity contribution >= 4 is 22.1 Å². The van der Waals surface area contributed by atoms with E-state index in [1.165, 1.54) is 70.8 Å². The standard InChI is InChI=1S/C10H16N.3C4H9.Sn/c1-2-3-4-5-8-11-9-6-7-10-11;3*1-3-4-2;/h6-7,9H,2-5,8H2,1H3;3*1,3-4H2,2H3;. The Hall–Kier alpha value is 0.0787. The molecule has 0 radical (unpaired) electrons. The van der Waals surface area contributed by atoms with Gasteiger partial charge in [0.05, 0.1) is 0 Å². The number of hydrogen-bond donors (Lipinski definition) is 0. The van der Waals surface area contributed by atoms with Crippen molar-refractivity contribution in [2.45, 2.75) is 112 Å². The molecule has 0 atom stereocenters. The Morgan fingerprint density at radius 1 is 0.708 bits per heavy atom. The minimum absolute atomic E-state index is 1.27. The number of nitrogens with zero attached hydrogens (tertiary/aromatic N) is 1. The molecule has 0 fully saturated rings. The van der Waals surface area contributed by atoms with Crippen molar-refractivity contribution in [1.29, 1.82) is 0 Å². The van der Waals surface area contributed by atoms with Gasteiger partial charge in [0.15, 0.2) is 0 Å². The second kappa shape index (κ2) is 13.3. The molecule has 1 heterocycles. The van der Waals surface area contributed by atoms with Crippen LogP contribution in [0, 0.1) is 0 Å². The van der Waals surface area contributed by atoms with Gasteiger partial charge in [-0.3, -0.25) is 0 Å². The molecule has 0 bridgehead atoms. The van der Waals surface area contributed by atoms with Gasteiger partial charge in [-0.1, -0.05) is 0 Å². The zero-order valence-electron chi connectivity index (χ0n) is 17.1. The first-order chi connectivity index (χ1) is 11.7. The van der Waals surface area contributed by atoms with Gasteiger partial charge >= 0.3 is 157 Å². The molecule has 140 valence electrons. The Kier molecular flexibility index (Phi) is 12.3. The Morgan fingerprint density at radius 2 is 1.25 bits per heavy atom. The van der Waals surface area contributed by atoms with Crippen molar-refractivity contribution in [1.82, 2.24) is 4.57 Å². The van der Waals surface area contributed by atoms with E-state index in [-0.39, 0.29) is 0 Å². The Balaban J connectivity index is 2.95. The van der Waals surface area contributed by atoms with Gasteiger partial charge in [-0.2, -0.15) is 0 Å². The zero-order valence-corrected chi connectivity index (χ0v) is 19.9. The average Bonchev–Trinajstić information content (AvgIpc) is 3.07. The van der Waals surface area contributed by atoms with Gasteiger partial charge in [-0.15, -0.1) is 0 Å². The van der Waals surface area contributed by atoms with Crippen LogP contribution < -0.4 is 3.71 Å². The fraction of sp³-hybridized carbons (Fsp3) is 0.818. The summed E-state index contributed by atoms with van der Waals surface area (Å²) in [5.74, 6) is 0. The zero-order chi connectivity index (χ0) is 17.7. The summed E-state index contributed by atoms with van der Waals surface area (Å²) in [4.78, 5) is 0. The first-order valence-electron chi connectivity index (χ1n) is 10.9. The maximum absolute atomic E-state index is 2.70. The van der Waals surface area contributed by atoms with Crippen LogP contribution in [0.3, 0.4) is 0 Å². The molecular formula is C22H43NSn. The quantitative estimate of drug-likeness (QED) is 0.202. The summed E-state index contributed by atoms with van der Waals surface area (Å²) in [6.45, 7) is 10.7. The number of rotatable bonds is 15. The van der Waals surface area contributed by atoms with Gasteiger partial charge in [0.2, 0.25) is 0 Å². The number of unbranched alkanes of at least 4 members (excludes halogenated alkanes) is 6. The summed E-state index contributed by atoms with van der Waals surface area (Å²) in [6, 6.07) is 4.89. The fourth-order valence-electron chi connectivity index (χ4n) is 4.10. The van der Waals surface area contributed by atoms with Gasteiger partial charge in [-0.25, -0.2) is 0 Å². The van der Waals surface area contributed by atoms with Gasteiger partial charge in [0.25, 0.3) is 0 Å². The Bertz CT molecular complexity index is 388. The number of hydrogen-bond acceptors (Lipinski definition) is 0. The molecule has 2 heteroatoms. The minimum atomic E-state index is -2.23. The molecule has 0 spiro atoms. The topological polar surface area (TPSA) is 4.93 Å². The van der Waals surface area contributed by atoms with Crippen molar-refractivity contribution in [3.05, 3.63) is 18.3 Å². The average molecular weight is 440 g/mol. The first kappa shape index (κ1) is 22.1.